The molecular formula is C35H48N2O3. The number of carbonyl (C=O) groups excluding carboxylic acids is 2. The minimum absolute atomic E-state index is 0.101. The lowest BCUT2D eigenvalue weighted by atomic mass is 9.49. The normalized spacial score (nSPS) is 28.9. The Kier molecular flexibility index (Phi) is 7.80. The van der Waals surface area contributed by atoms with Crippen molar-refractivity contribution in [3.05, 3.63) is 58.7 Å². The standard InChI is InChI=1S/C35H48N2O3/c1-5-6-7-17-33(2,26-13-9-23-11-15-28(38)21-25(23)20-26)31(39)37-32(40)35(4)19-8-18-34(3)29-22-27(36)14-10-24(29)12-16-30(34)35/h10-11,14-15,21-22,26,30,38H,5-9,12-13,16-20,36H2,1-4H3,(H,37,39,40)/t26-,30-,33?,34-,35+/m1/s1. The number of fused-ring (bicyclic) bond motifs is 4. The summed E-state index contributed by atoms with van der Waals surface area (Å²) in [6.07, 6.45) is 11.1. The molecule has 2 aromatic rings. The Bertz CT molecular complexity index is 1290. The summed E-state index contributed by atoms with van der Waals surface area (Å²) in [6, 6.07) is 11.9. The quantitative estimate of drug-likeness (QED) is 0.258. The number of aromatic hydroxyl groups is 1. The van der Waals surface area contributed by atoms with E-state index < -0.39 is 10.8 Å². The predicted molar refractivity (Wildman–Crippen MR) is 161 cm³/mol. The van der Waals surface area contributed by atoms with Gasteiger partial charge in [-0.05, 0) is 115 Å². The van der Waals surface area contributed by atoms with Crippen molar-refractivity contribution < 1.29 is 14.7 Å². The predicted octanol–water partition coefficient (Wildman–Crippen LogP) is 7.02. The monoisotopic (exact) mass is 544 g/mol. The molecule has 216 valence electrons. The van der Waals surface area contributed by atoms with Gasteiger partial charge in [0.15, 0.2) is 0 Å². The molecule has 0 bridgehead atoms. The first-order valence-corrected chi connectivity index (χ1v) is 15.6. The summed E-state index contributed by atoms with van der Waals surface area (Å²) < 4.78 is 0. The summed E-state index contributed by atoms with van der Waals surface area (Å²) in [5.74, 6) is 0.343. The summed E-state index contributed by atoms with van der Waals surface area (Å²) in [5, 5.41) is 13.1. The highest BCUT2D eigenvalue weighted by Gasteiger charge is 2.56. The van der Waals surface area contributed by atoms with Gasteiger partial charge in [0, 0.05) is 11.1 Å². The van der Waals surface area contributed by atoms with Crippen molar-refractivity contribution in [2.75, 3.05) is 5.73 Å². The second kappa shape index (κ2) is 10.9. The van der Waals surface area contributed by atoms with E-state index in [0.717, 1.165) is 88.3 Å². The van der Waals surface area contributed by atoms with Gasteiger partial charge < -0.3 is 10.8 Å². The number of aryl methyl sites for hydroxylation is 2. The van der Waals surface area contributed by atoms with Crippen LogP contribution >= 0.6 is 0 Å². The van der Waals surface area contributed by atoms with Crippen molar-refractivity contribution in [1.29, 1.82) is 0 Å². The number of benzene rings is 2. The lowest BCUT2D eigenvalue weighted by molar-refractivity contribution is -0.148. The number of nitrogen functional groups attached to an aromatic ring is 1. The van der Waals surface area contributed by atoms with Gasteiger partial charge in [-0.3, -0.25) is 14.9 Å². The average molecular weight is 545 g/mol. The molecular weight excluding hydrogens is 496 g/mol. The van der Waals surface area contributed by atoms with Crippen LogP contribution in [-0.2, 0) is 34.3 Å². The zero-order chi connectivity index (χ0) is 28.7. The molecule has 0 radical (unpaired) electrons. The Morgan fingerprint density at radius 2 is 1.77 bits per heavy atom. The third-order valence-corrected chi connectivity index (χ3v) is 11.3. The van der Waals surface area contributed by atoms with Crippen LogP contribution in [0, 0.1) is 22.7 Å². The largest absolute Gasteiger partial charge is 0.508 e. The number of anilines is 1. The van der Waals surface area contributed by atoms with Crippen LogP contribution in [0.3, 0.4) is 0 Å². The topological polar surface area (TPSA) is 92.4 Å². The minimum Gasteiger partial charge on any atom is -0.508 e. The van der Waals surface area contributed by atoms with Crippen molar-refractivity contribution in [3.63, 3.8) is 0 Å². The van der Waals surface area contributed by atoms with Crippen molar-refractivity contribution >= 4 is 17.5 Å². The molecule has 0 spiro atoms. The number of imide groups is 1. The Morgan fingerprint density at radius 3 is 2.55 bits per heavy atom. The van der Waals surface area contributed by atoms with E-state index in [1.54, 1.807) is 6.07 Å². The van der Waals surface area contributed by atoms with Crippen LogP contribution in [0.1, 0.15) is 108 Å². The van der Waals surface area contributed by atoms with Gasteiger partial charge in [-0.15, -0.1) is 0 Å². The molecule has 1 unspecified atom stereocenters. The third kappa shape index (κ3) is 4.94. The zero-order valence-corrected chi connectivity index (χ0v) is 24.9. The maximum atomic E-state index is 14.2. The minimum atomic E-state index is -0.643. The van der Waals surface area contributed by atoms with Crippen LogP contribution in [0.5, 0.6) is 5.75 Å². The third-order valence-electron chi connectivity index (χ3n) is 11.3. The molecule has 40 heavy (non-hydrogen) atoms. The van der Waals surface area contributed by atoms with E-state index in [2.05, 4.69) is 45.1 Å². The number of hydrogen-bond donors (Lipinski definition) is 3. The van der Waals surface area contributed by atoms with E-state index in [9.17, 15) is 14.7 Å². The number of nitrogens with one attached hydrogen (secondary N) is 1. The molecule has 0 saturated heterocycles. The summed E-state index contributed by atoms with van der Waals surface area (Å²) in [7, 11) is 0. The van der Waals surface area contributed by atoms with Crippen LogP contribution in [0.4, 0.5) is 5.69 Å². The maximum Gasteiger partial charge on any atom is 0.232 e. The average Bonchev–Trinajstić information content (AvgIpc) is 2.92. The molecule has 3 aliphatic rings. The summed E-state index contributed by atoms with van der Waals surface area (Å²) >= 11 is 0. The Morgan fingerprint density at radius 1 is 1.02 bits per heavy atom. The molecule has 1 fully saturated rings. The number of phenols is 1. The second-order valence-electron chi connectivity index (χ2n) is 13.7. The molecule has 5 rings (SSSR count). The number of carbonyl (C=O) groups is 2. The number of phenolic OH excluding ortho intramolecular Hbond substituents is 1. The number of rotatable bonds is 7. The molecule has 5 nitrogen and oxygen atoms in total. The van der Waals surface area contributed by atoms with Crippen molar-refractivity contribution in [1.82, 2.24) is 5.32 Å². The fraction of sp³-hybridized carbons (Fsp3) is 0.600. The molecule has 2 aromatic carbocycles. The van der Waals surface area contributed by atoms with E-state index in [-0.39, 0.29) is 34.8 Å². The summed E-state index contributed by atoms with van der Waals surface area (Å²) in [6.45, 7) is 8.67. The van der Waals surface area contributed by atoms with E-state index in [0.29, 0.717) is 0 Å². The van der Waals surface area contributed by atoms with Gasteiger partial charge >= 0.3 is 0 Å². The van der Waals surface area contributed by atoms with Crippen LogP contribution < -0.4 is 11.1 Å². The first-order chi connectivity index (χ1) is 19.0. The van der Waals surface area contributed by atoms with Crippen molar-refractivity contribution in [3.8, 4) is 5.75 Å². The van der Waals surface area contributed by atoms with E-state index >= 15 is 0 Å². The van der Waals surface area contributed by atoms with E-state index in [4.69, 9.17) is 5.73 Å². The highest BCUT2D eigenvalue weighted by atomic mass is 16.3. The lowest BCUT2D eigenvalue weighted by Crippen LogP contribution is -2.58. The van der Waals surface area contributed by atoms with Crippen LogP contribution in [0.25, 0.3) is 0 Å². The van der Waals surface area contributed by atoms with Gasteiger partial charge in [-0.1, -0.05) is 65.5 Å². The molecule has 5 atom stereocenters. The first kappa shape index (κ1) is 28.7. The Hall–Kier alpha value is -2.82. The fourth-order valence-corrected chi connectivity index (χ4v) is 8.67. The lowest BCUT2D eigenvalue weighted by Gasteiger charge is -2.54. The van der Waals surface area contributed by atoms with Gasteiger partial charge in [0.05, 0.1) is 5.41 Å². The maximum absolute atomic E-state index is 14.2. The number of unbranched alkanes of at least 4 members (excludes halogenated alkanes) is 2. The smallest absolute Gasteiger partial charge is 0.232 e. The number of nitrogens with two attached hydrogens (primary N) is 1. The highest BCUT2D eigenvalue weighted by molar-refractivity contribution is 6.00. The van der Waals surface area contributed by atoms with E-state index in [1.165, 1.54) is 16.7 Å². The molecule has 5 heteroatoms. The summed E-state index contributed by atoms with van der Waals surface area (Å²) in [5.41, 5.74) is 10.6. The van der Waals surface area contributed by atoms with E-state index in [1.807, 2.05) is 18.2 Å². The van der Waals surface area contributed by atoms with Gasteiger partial charge in [-0.2, -0.15) is 0 Å². The highest BCUT2D eigenvalue weighted by Crippen LogP contribution is 2.57. The second-order valence-corrected chi connectivity index (χ2v) is 13.7. The molecule has 3 aliphatic carbocycles. The van der Waals surface area contributed by atoms with Crippen LogP contribution in [0.2, 0.25) is 0 Å². The van der Waals surface area contributed by atoms with Crippen molar-refractivity contribution in [2.45, 2.75) is 110 Å². The SMILES string of the molecule is CCCCCC(C)(C(=O)NC(=O)[C@@]1(C)CCC[C@]2(C)c3cc(N)ccc3CC[C@@H]12)[C@@H]1CCc2ccc(O)cc2C1. The zero-order valence-electron chi connectivity index (χ0n) is 24.9. The van der Waals surface area contributed by atoms with Crippen molar-refractivity contribution in [2.24, 2.45) is 22.7 Å². The molecule has 4 N–H and O–H groups in total. The Balaban J connectivity index is 1.40. The number of amides is 2. The van der Waals surface area contributed by atoms with Gasteiger partial charge in [0.1, 0.15) is 5.75 Å². The Labute approximate surface area is 240 Å². The van der Waals surface area contributed by atoms with Gasteiger partial charge in [0.2, 0.25) is 11.8 Å². The molecule has 0 heterocycles. The van der Waals surface area contributed by atoms with Crippen LogP contribution in [0.15, 0.2) is 36.4 Å². The molecule has 0 aliphatic heterocycles. The number of hydrogen-bond acceptors (Lipinski definition) is 4. The first-order valence-electron chi connectivity index (χ1n) is 15.6. The molecule has 1 saturated carbocycles. The van der Waals surface area contributed by atoms with Gasteiger partial charge in [0.25, 0.3) is 0 Å². The van der Waals surface area contributed by atoms with Gasteiger partial charge in [-0.25, -0.2) is 0 Å². The summed E-state index contributed by atoms with van der Waals surface area (Å²) in [4.78, 5) is 28.4. The molecule has 2 amide bonds. The molecule has 0 aromatic heterocycles. The van der Waals surface area contributed by atoms with Crippen LogP contribution in [-0.4, -0.2) is 16.9 Å². The fourth-order valence-electron chi connectivity index (χ4n) is 8.67.